The molecular weight excluding hydrogens is 298 g/mol. The Labute approximate surface area is 116 Å². The third-order valence-corrected chi connectivity index (χ3v) is 3.84. The number of nitrogens with one attached hydrogen (secondary N) is 1. The summed E-state index contributed by atoms with van der Waals surface area (Å²) in [6, 6.07) is 7.96. The van der Waals surface area contributed by atoms with E-state index in [-0.39, 0.29) is 10.7 Å². The van der Waals surface area contributed by atoms with Crippen LogP contribution in [0.5, 0.6) is 0 Å². The van der Waals surface area contributed by atoms with Gasteiger partial charge in [-0.05, 0) is 17.7 Å². The van der Waals surface area contributed by atoms with Gasteiger partial charge in [0, 0.05) is 15.8 Å². The van der Waals surface area contributed by atoms with Gasteiger partial charge in [-0.2, -0.15) is 0 Å². The van der Waals surface area contributed by atoms with Gasteiger partial charge in [0.25, 0.3) is 0 Å². The van der Waals surface area contributed by atoms with E-state index in [1.165, 1.54) is 0 Å². The number of thioether (sulfide) groups is 1. The summed E-state index contributed by atoms with van der Waals surface area (Å²) in [5.41, 5.74) is 1.11. The molecule has 0 bridgehead atoms. The Kier molecular flexibility index (Phi) is 5.53. The molecule has 94 valence electrons. The first-order valence-electron chi connectivity index (χ1n) is 5.52. The maximum atomic E-state index is 11.6. The second-order valence-electron chi connectivity index (χ2n) is 4.80. The lowest BCUT2D eigenvalue weighted by Gasteiger charge is -2.16. The van der Waals surface area contributed by atoms with Crippen LogP contribution < -0.4 is 5.32 Å². The quantitative estimate of drug-likeness (QED) is 0.919. The summed E-state index contributed by atoms with van der Waals surface area (Å²) in [7, 11) is 0. The van der Waals surface area contributed by atoms with Crippen molar-refractivity contribution in [3.8, 4) is 0 Å². The van der Waals surface area contributed by atoms with Crippen LogP contribution in [-0.2, 0) is 11.3 Å². The van der Waals surface area contributed by atoms with E-state index in [4.69, 9.17) is 0 Å². The van der Waals surface area contributed by atoms with E-state index >= 15 is 0 Å². The molecule has 1 N–H and O–H groups in total. The van der Waals surface area contributed by atoms with Gasteiger partial charge in [0.1, 0.15) is 0 Å². The molecule has 2 nitrogen and oxygen atoms in total. The molecule has 17 heavy (non-hydrogen) atoms. The lowest BCUT2D eigenvalue weighted by Crippen LogP contribution is -2.26. The third kappa shape index (κ3) is 6.74. The summed E-state index contributed by atoms with van der Waals surface area (Å²) < 4.78 is 1.19. The molecule has 0 saturated heterocycles. The molecule has 0 spiro atoms. The molecular formula is C13H18BrNOS. The number of amides is 1. The van der Waals surface area contributed by atoms with E-state index in [9.17, 15) is 4.79 Å². The molecule has 0 aliphatic carbocycles. The van der Waals surface area contributed by atoms with Gasteiger partial charge in [-0.15, -0.1) is 11.8 Å². The van der Waals surface area contributed by atoms with Gasteiger partial charge in [-0.25, -0.2) is 0 Å². The summed E-state index contributed by atoms with van der Waals surface area (Å²) in [5.74, 6) is 0.605. The standard InChI is InChI=1S/C13H18BrNOS/c1-13(2,3)17-9-12(16)15-8-10-4-6-11(14)7-5-10/h4-7H,8-9H2,1-3H3,(H,15,16). The number of benzene rings is 1. The van der Waals surface area contributed by atoms with Crippen LogP contribution in [0.4, 0.5) is 0 Å². The van der Waals surface area contributed by atoms with Gasteiger partial charge < -0.3 is 5.32 Å². The van der Waals surface area contributed by atoms with E-state index in [0.29, 0.717) is 12.3 Å². The fraction of sp³-hybridized carbons (Fsp3) is 0.462. The summed E-state index contributed by atoms with van der Waals surface area (Å²) in [6.45, 7) is 6.93. The molecule has 0 aliphatic heterocycles. The first kappa shape index (κ1) is 14.6. The normalized spacial score (nSPS) is 11.3. The molecule has 1 amide bonds. The van der Waals surface area contributed by atoms with Crippen molar-refractivity contribution < 1.29 is 4.79 Å². The Morgan fingerprint density at radius 2 is 1.88 bits per heavy atom. The van der Waals surface area contributed by atoms with Gasteiger partial charge >= 0.3 is 0 Å². The first-order chi connectivity index (χ1) is 7.87. The van der Waals surface area contributed by atoms with Crippen molar-refractivity contribution in [3.05, 3.63) is 34.3 Å². The molecule has 0 radical (unpaired) electrons. The minimum Gasteiger partial charge on any atom is -0.351 e. The van der Waals surface area contributed by atoms with Crippen LogP contribution in [0.3, 0.4) is 0 Å². The largest absolute Gasteiger partial charge is 0.351 e. The van der Waals surface area contributed by atoms with Crippen molar-refractivity contribution in [2.45, 2.75) is 32.1 Å². The summed E-state index contributed by atoms with van der Waals surface area (Å²) in [5, 5.41) is 2.92. The Hall–Kier alpha value is -0.480. The van der Waals surface area contributed by atoms with Gasteiger partial charge in [-0.3, -0.25) is 4.79 Å². The van der Waals surface area contributed by atoms with Crippen LogP contribution in [-0.4, -0.2) is 16.4 Å². The number of carbonyl (C=O) groups excluding carboxylic acids is 1. The van der Waals surface area contributed by atoms with Crippen molar-refractivity contribution >= 4 is 33.6 Å². The van der Waals surface area contributed by atoms with Gasteiger partial charge in [-0.1, -0.05) is 48.8 Å². The lowest BCUT2D eigenvalue weighted by atomic mass is 10.2. The number of rotatable bonds is 4. The summed E-state index contributed by atoms with van der Waals surface area (Å²) in [4.78, 5) is 11.6. The molecule has 1 aromatic rings. The van der Waals surface area contributed by atoms with Gasteiger partial charge in [0.2, 0.25) is 5.91 Å². The molecule has 4 heteroatoms. The molecule has 1 rings (SSSR count). The number of carbonyl (C=O) groups is 1. The van der Waals surface area contributed by atoms with E-state index in [1.54, 1.807) is 11.8 Å². The Bertz CT molecular complexity index is 370. The smallest absolute Gasteiger partial charge is 0.230 e. The van der Waals surface area contributed by atoms with Gasteiger partial charge in [0.15, 0.2) is 0 Å². The maximum absolute atomic E-state index is 11.6. The molecule has 0 unspecified atom stereocenters. The SMILES string of the molecule is CC(C)(C)SCC(=O)NCc1ccc(Br)cc1. The van der Waals surface area contributed by atoms with Crippen LogP contribution in [0.25, 0.3) is 0 Å². The average Bonchev–Trinajstić information content (AvgIpc) is 2.25. The molecule has 0 atom stereocenters. The fourth-order valence-electron chi connectivity index (χ4n) is 1.14. The Balaban J connectivity index is 2.31. The van der Waals surface area contributed by atoms with Crippen LogP contribution in [0.1, 0.15) is 26.3 Å². The minimum atomic E-state index is 0.0906. The highest BCUT2D eigenvalue weighted by Crippen LogP contribution is 2.22. The maximum Gasteiger partial charge on any atom is 0.230 e. The molecule has 0 fully saturated rings. The minimum absolute atomic E-state index is 0.0906. The van der Waals surface area contributed by atoms with Crippen LogP contribution >= 0.6 is 27.7 Å². The summed E-state index contributed by atoms with van der Waals surface area (Å²) in [6.07, 6.45) is 0. The Morgan fingerprint density at radius 3 is 2.41 bits per heavy atom. The number of hydrogen-bond donors (Lipinski definition) is 1. The fourth-order valence-corrected chi connectivity index (χ4v) is 2.07. The third-order valence-electron chi connectivity index (χ3n) is 2.04. The molecule has 0 aliphatic rings. The lowest BCUT2D eigenvalue weighted by molar-refractivity contribution is -0.118. The highest BCUT2D eigenvalue weighted by atomic mass is 79.9. The van der Waals surface area contributed by atoms with Crippen molar-refractivity contribution in [1.82, 2.24) is 5.32 Å². The van der Waals surface area contributed by atoms with Crippen LogP contribution in [0.2, 0.25) is 0 Å². The van der Waals surface area contributed by atoms with Crippen molar-refractivity contribution in [3.63, 3.8) is 0 Å². The van der Waals surface area contributed by atoms with E-state index < -0.39 is 0 Å². The first-order valence-corrected chi connectivity index (χ1v) is 7.30. The average molecular weight is 316 g/mol. The molecule has 0 saturated carbocycles. The highest BCUT2D eigenvalue weighted by Gasteiger charge is 2.12. The van der Waals surface area contributed by atoms with E-state index in [1.807, 2.05) is 24.3 Å². The topological polar surface area (TPSA) is 29.1 Å². The zero-order valence-electron chi connectivity index (χ0n) is 10.4. The predicted molar refractivity (Wildman–Crippen MR) is 78.2 cm³/mol. The Morgan fingerprint density at radius 1 is 1.29 bits per heavy atom. The number of halogens is 1. The number of hydrogen-bond acceptors (Lipinski definition) is 2. The van der Waals surface area contributed by atoms with E-state index in [2.05, 4.69) is 42.0 Å². The van der Waals surface area contributed by atoms with Crippen LogP contribution in [0, 0.1) is 0 Å². The zero-order valence-corrected chi connectivity index (χ0v) is 12.8. The van der Waals surface area contributed by atoms with Crippen molar-refractivity contribution in [1.29, 1.82) is 0 Å². The highest BCUT2D eigenvalue weighted by molar-refractivity contribution is 9.10. The van der Waals surface area contributed by atoms with Crippen molar-refractivity contribution in [2.24, 2.45) is 0 Å². The zero-order chi connectivity index (χ0) is 12.9. The molecule has 0 aromatic heterocycles. The second kappa shape index (κ2) is 6.45. The van der Waals surface area contributed by atoms with Crippen molar-refractivity contribution in [2.75, 3.05) is 5.75 Å². The molecule has 1 aromatic carbocycles. The monoisotopic (exact) mass is 315 g/mol. The van der Waals surface area contributed by atoms with E-state index in [0.717, 1.165) is 10.0 Å². The predicted octanol–water partition coefficient (Wildman–Crippen LogP) is 3.60. The van der Waals surface area contributed by atoms with Gasteiger partial charge in [0.05, 0.1) is 5.75 Å². The summed E-state index contributed by atoms with van der Waals surface area (Å²) >= 11 is 5.04. The van der Waals surface area contributed by atoms with Crippen LogP contribution in [0.15, 0.2) is 28.7 Å². The second-order valence-corrected chi connectivity index (χ2v) is 7.52. The molecule has 0 heterocycles.